The molecular formula is C21H12N2O6. The van der Waals surface area contributed by atoms with Crippen LogP contribution in [0.25, 0.3) is 23.1 Å². The number of carbonyl (C=O) groups excluding carboxylic acids is 1. The molecule has 0 spiro atoms. The van der Waals surface area contributed by atoms with E-state index in [-0.39, 0.29) is 28.3 Å². The maximum atomic E-state index is 12.5. The number of cyclic esters (lactones) is 1. The lowest BCUT2D eigenvalue weighted by molar-refractivity contribution is -0.384. The zero-order valence-corrected chi connectivity index (χ0v) is 14.8. The molecule has 0 unspecified atom stereocenters. The predicted octanol–water partition coefficient (Wildman–Crippen LogP) is 3.71. The maximum Gasteiger partial charge on any atom is 0.363 e. The molecule has 0 atom stereocenters. The summed E-state index contributed by atoms with van der Waals surface area (Å²) in [6.07, 6.45) is 5.51. The van der Waals surface area contributed by atoms with Gasteiger partial charge in [-0.05, 0) is 29.8 Å². The summed E-state index contributed by atoms with van der Waals surface area (Å²) >= 11 is 0. The molecule has 0 saturated carbocycles. The average Bonchev–Trinajstić information content (AvgIpc) is 3.08. The first kappa shape index (κ1) is 18.1. The van der Waals surface area contributed by atoms with Gasteiger partial charge in [0, 0.05) is 18.2 Å². The van der Waals surface area contributed by atoms with Crippen molar-refractivity contribution in [2.24, 2.45) is 4.99 Å². The molecule has 29 heavy (non-hydrogen) atoms. The van der Waals surface area contributed by atoms with Gasteiger partial charge in [0.25, 0.3) is 5.69 Å². The van der Waals surface area contributed by atoms with Crippen molar-refractivity contribution in [1.29, 1.82) is 0 Å². The molecule has 0 amide bonds. The smallest absolute Gasteiger partial charge is 0.363 e. The molecule has 1 aliphatic heterocycles. The summed E-state index contributed by atoms with van der Waals surface area (Å²) in [5.74, 6) is -0.700. The van der Waals surface area contributed by atoms with Crippen LogP contribution in [0.5, 0.6) is 0 Å². The average molecular weight is 388 g/mol. The Kier molecular flexibility index (Phi) is 4.58. The molecule has 3 aromatic rings. The Morgan fingerprint density at radius 2 is 1.86 bits per heavy atom. The molecule has 0 aliphatic carbocycles. The SMILES string of the molecule is O=C1OC(/C=C/c2cccc([N+](=O)[O-])c2)=NC/1=C\c1coc2ccccc2c1=O. The number of nitrogens with zero attached hydrogens (tertiary/aromatic N) is 2. The first-order valence-corrected chi connectivity index (χ1v) is 8.47. The summed E-state index contributed by atoms with van der Waals surface area (Å²) < 4.78 is 10.5. The number of non-ortho nitro benzene ring substituents is 1. The molecular weight excluding hydrogens is 376 g/mol. The minimum absolute atomic E-state index is 0.0120. The number of carbonyl (C=O) groups is 1. The molecule has 8 nitrogen and oxygen atoms in total. The van der Waals surface area contributed by atoms with Crippen LogP contribution in [0.15, 0.2) is 80.8 Å². The highest BCUT2D eigenvalue weighted by Crippen LogP contribution is 2.18. The number of nitro groups is 1. The Hall–Kier alpha value is -4.33. The van der Waals surface area contributed by atoms with E-state index < -0.39 is 10.9 Å². The van der Waals surface area contributed by atoms with Crippen molar-refractivity contribution < 1.29 is 18.9 Å². The van der Waals surface area contributed by atoms with E-state index in [1.54, 1.807) is 36.4 Å². The van der Waals surface area contributed by atoms with Crippen LogP contribution in [0, 0.1) is 10.1 Å². The van der Waals surface area contributed by atoms with E-state index in [1.807, 2.05) is 0 Å². The minimum atomic E-state index is -0.712. The number of aliphatic imine (C=N–C) groups is 1. The maximum absolute atomic E-state index is 12.5. The molecule has 0 radical (unpaired) electrons. The van der Waals surface area contributed by atoms with Crippen molar-refractivity contribution in [3.8, 4) is 0 Å². The number of nitro benzene ring substituents is 1. The number of para-hydroxylation sites is 1. The van der Waals surface area contributed by atoms with Crippen LogP contribution in [0.1, 0.15) is 11.1 Å². The quantitative estimate of drug-likeness (QED) is 0.291. The van der Waals surface area contributed by atoms with Gasteiger partial charge in [-0.15, -0.1) is 0 Å². The van der Waals surface area contributed by atoms with Gasteiger partial charge in [0.15, 0.2) is 11.1 Å². The van der Waals surface area contributed by atoms with E-state index >= 15 is 0 Å². The van der Waals surface area contributed by atoms with Gasteiger partial charge in [-0.3, -0.25) is 14.9 Å². The highest BCUT2D eigenvalue weighted by molar-refractivity contribution is 6.11. The summed E-state index contributed by atoms with van der Waals surface area (Å²) in [6.45, 7) is 0. The summed E-state index contributed by atoms with van der Waals surface area (Å²) in [5.41, 5.74) is 0.766. The third-order valence-electron chi connectivity index (χ3n) is 4.14. The lowest BCUT2D eigenvalue weighted by Gasteiger charge is -1.97. The number of ether oxygens (including phenoxy) is 1. The Labute approximate surface area is 163 Å². The molecule has 0 fully saturated rings. The van der Waals surface area contributed by atoms with E-state index in [2.05, 4.69) is 4.99 Å². The Morgan fingerprint density at radius 3 is 2.69 bits per heavy atom. The molecule has 1 aromatic heterocycles. The van der Waals surface area contributed by atoms with Gasteiger partial charge in [-0.2, -0.15) is 0 Å². The number of fused-ring (bicyclic) bond motifs is 1. The van der Waals surface area contributed by atoms with Gasteiger partial charge >= 0.3 is 5.97 Å². The number of benzene rings is 2. The predicted molar refractivity (Wildman–Crippen MR) is 106 cm³/mol. The Morgan fingerprint density at radius 1 is 1.03 bits per heavy atom. The van der Waals surface area contributed by atoms with Crippen LogP contribution in [0.3, 0.4) is 0 Å². The highest BCUT2D eigenvalue weighted by Gasteiger charge is 2.22. The number of hydrogen-bond acceptors (Lipinski definition) is 7. The normalized spacial score (nSPS) is 15.1. The van der Waals surface area contributed by atoms with E-state index in [0.29, 0.717) is 16.5 Å². The van der Waals surface area contributed by atoms with Crippen molar-refractivity contribution in [3.63, 3.8) is 0 Å². The molecule has 2 aromatic carbocycles. The van der Waals surface area contributed by atoms with Crippen molar-refractivity contribution in [2.45, 2.75) is 0 Å². The van der Waals surface area contributed by atoms with E-state index in [4.69, 9.17) is 9.15 Å². The summed E-state index contributed by atoms with van der Waals surface area (Å²) in [4.78, 5) is 39.0. The molecule has 0 N–H and O–H groups in total. The van der Waals surface area contributed by atoms with Gasteiger partial charge in [-0.25, -0.2) is 9.79 Å². The lowest BCUT2D eigenvalue weighted by Crippen LogP contribution is -2.06. The molecule has 0 saturated heterocycles. The van der Waals surface area contributed by atoms with Crippen molar-refractivity contribution in [1.82, 2.24) is 0 Å². The zero-order chi connectivity index (χ0) is 20.4. The van der Waals surface area contributed by atoms with Gasteiger partial charge in [0.05, 0.1) is 15.9 Å². The summed E-state index contributed by atoms with van der Waals surface area (Å²) in [5, 5.41) is 11.2. The fraction of sp³-hybridized carbons (Fsp3) is 0. The zero-order valence-electron chi connectivity index (χ0n) is 14.8. The van der Waals surface area contributed by atoms with Crippen LogP contribution in [-0.4, -0.2) is 16.8 Å². The first-order valence-electron chi connectivity index (χ1n) is 8.47. The second kappa shape index (κ2) is 7.35. The second-order valence-electron chi connectivity index (χ2n) is 6.07. The molecule has 8 heteroatoms. The lowest BCUT2D eigenvalue weighted by atomic mass is 10.1. The topological polar surface area (TPSA) is 112 Å². The van der Waals surface area contributed by atoms with E-state index in [9.17, 15) is 19.7 Å². The standard InChI is InChI=1S/C21H12N2O6/c24-20-14(12-28-18-7-2-1-6-16(18)20)11-17-21(25)29-19(22-17)9-8-13-4-3-5-15(10-13)23(26)27/h1-12H/b9-8+,17-11-. The number of esters is 1. The minimum Gasteiger partial charge on any atom is -0.463 e. The fourth-order valence-corrected chi connectivity index (χ4v) is 2.75. The third kappa shape index (κ3) is 3.72. The molecule has 1 aliphatic rings. The summed E-state index contributed by atoms with van der Waals surface area (Å²) in [7, 11) is 0. The van der Waals surface area contributed by atoms with Gasteiger partial charge in [-0.1, -0.05) is 24.3 Å². The fourth-order valence-electron chi connectivity index (χ4n) is 2.75. The van der Waals surface area contributed by atoms with Crippen LogP contribution in [0.2, 0.25) is 0 Å². The van der Waals surface area contributed by atoms with Crippen LogP contribution in [0.4, 0.5) is 5.69 Å². The summed E-state index contributed by atoms with van der Waals surface area (Å²) in [6, 6.07) is 12.7. The van der Waals surface area contributed by atoms with Gasteiger partial charge in [0.2, 0.25) is 5.90 Å². The molecule has 142 valence electrons. The van der Waals surface area contributed by atoms with Crippen molar-refractivity contribution in [3.05, 3.63) is 98.0 Å². The van der Waals surface area contributed by atoms with E-state index in [1.165, 1.54) is 36.6 Å². The number of hydrogen-bond donors (Lipinski definition) is 0. The largest absolute Gasteiger partial charge is 0.463 e. The highest BCUT2D eigenvalue weighted by atomic mass is 16.6. The first-order chi connectivity index (χ1) is 14.0. The third-order valence-corrected chi connectivity index (χ3v) is 4.14. The Balaban J connectivity index is 1.63. The van der Waals surface area contributed by atoms with Crippen LogP contribution in [-0.2, 0) is 9.53 Å². The molecule has 2 heterocycles. The van der Waals surface area contributed by atoms with Crippen molar-refractivity contribution >= 4 is 40.7 Å². The molecule has 4 rings (SSSR count). The van der Waals surface area contributed by atoms with Gasteiger partial charge < -0.3 is 9.15 Å². The van der Waals surface area contributed by atoms with Gasteiger partial charge in [0.1, 0.15) is 11.8 Å². The van der Waals surface area contributed by atoms with Crippen molar-refractivity contribution in [2.75, 3.05) is 0 Å². The Bertz CT molecular complexity index is 1300. The monoisotopic (exact) mass is 388 g/mol. The molecule has 0 bridgehead atoms. The second-order valence-corrected chi connectivity index (χ2v) is 6.07. The van der Waals surface area contributed by atoms with Crippen LogP contribution >= 0.6 is 0 Å². The number of rotatable bonds is 4. The van der Waals surface area contributed by atoms with Crippen LogP contribution < -0.4 is 5.43 Å². The van der Waals surface area contributed by atoms with E-state index in [0.717, 1.165) is 0 Å².